The van der Waals surface area contributed by atoms with E-state index in [1.54, 1.807) is 19.2 Å². The number of methoxy groups -OCH3 is 1. The van der Waals surface area contributed by atoms with Crippen LogP contribution in [0, 0.1) is 12.7 Å². The zero-order chi connectivity index (χ0) is 14.7. The van der Waals surface area contributed by atoms with Gasteiger partial charge in [-0.25, -0.2) is 4.39 Å². The first-order valence-electron chi connectivity index (χ1n) is 6.35. The van der Waals surface area contributed by atoms with Crippen LogP contribution in [0.3, 0.4) is 0 Å². The standard InChI is InChI=1S/C16H17BrFNO/c1-10-3-5-13(18)7-12(10)9-15(19)11-4-6-16(20-2)14(17)8-11/h3-8,15H,9,19H2,1-2H3. The molecule has 106 valence electrons. The minimum atomic E-state index is -0.228. The van der Waals surface area contributed by atoms with Crippen LogP contribution in [0.5, 0.6) is 5.75 Å². The Morgan fingerprint density at radius 1 is 1.25 bits per heavy atom. The molecule has 0 radical (unpaired) electrons. The Morgan fingerprint density at radius 2 is 2.00 bits per heavy atom. The van der Waals surface area contributed by atoms with Crippen molar-refractivity contribution in [3.05, 3.63) is 63.4 Å². The van der Waals surface area contributed by atoms with E-state index in [-0.39, 0.29) is 11.9 Å². The summed E-state index contributed by atoms with van der Waals surface area (Å²) in [6.45, 7) is 1.96. The minimum absolute atomic E-state index is 0.183. The fourth-order valence-electron chi connectivity index (χ4n) is 2.13. The van der Waals surface area contributed by atoms with Crippen molar-refractivity contribution in [2.24, 2.45) is 5.73 Å². The number of nitrogens with two attached hydrogens (primary N) is 1. The van der Waals surface area contributed by atoms with Gasteiger partial charge in [-0.15, -0.1) is 0 Å². The summed E-state index contributed by atoms with van der Waals surface area (Å²) in [5.41, 5.74) is 9.19. The van der Waals surface area contributed by atoms with E-state index in [2.05, 4.69) is 15.9 Å². The Morgan fingerprint density at radius 3 is 2.65 bits per heavy atom. The molecule has 0 aliphatic carbocycles. The van der Waals surface area contributed by atoms with E-state index in [0.29, 0.717) is 6.42 Å². The monoisotopic (exact) mass is 337 g/mol. The van der Waals surface area contributed by atoms with Gasteiger partial charge in [-0.05, 0) is 70.2 Å². The van der Waals surface area contributed by atoms with Gasteiger partial charge in [0.05, 0.1) is 11.6 Å². The van der Waals surface area contributed by atoms with Crippen LogP contribution in [-0.2, 0) is 6.42 Å². The summed E-state index contributed by atoms with van der Waals surface area (Å²) in [7, 11) is 1.62. The lowest BCUT2D eigenvalue weighted by molar-refractivity contribution is 0.412. The fourth-order valence-corrected chi connectivity index (χ4v) is 2.69. The van der Waals surface area contributed by atoms with Gasteiger partial charge in [0.15, 0.2) is 0 Å². The number of benzene rings is 2. The predicted octanol–water partition coefficient (Wildman–Crippen LogP) is 4.15. The largest absolute Gasteiger partial charge is 0.496 e. The summed E-state index contributed by atoms with van der Waals surface area (Å²) in [6.07, 6.45) is 0.600. The third-order valence-electron chi connectivity index (χ3n) is 3.36. The molecule has 2 rings (SSSR count). The molecule has 0 aliphatic heterocycles. The highest BCUT2D eigenvalue weighted by Gasteiger charge is 2.11. The first kappa shape index (κ1) is 15.0. The van der Waals surface area contributed by atoms with Crippen molar-refractivity contribution in [3.8, 4) is 5.75 Å². The zero-order valence-electron chi connectivity index (χ0n) is 11.5. The van der Waals surface area contributed by atoms with Crippen LogP contribution in [0.2, 0.25) is 0 Å². The Kier molecular flexibility index (Phi) is 4.78. The third-order valence-corrected chi connectivity index (χ3v) is 3.97. The van der Waals surface area contributed by atoms with E-state index < -0.39 is 0 Å². The van der Waals surface area contributed by atoms with Crippen molar-refractivity contribution >= 4 is 15.9 Å². The van der Waals surface area contributed by atoms with Gasteiger partial charge >= 0.3 is 0 Å². The maximum atomic E-state index is 13.3. The first-order chi connectivity index (χ1) is 9.51. The lowest BCUT2D eigenvalue weighted by atomic mass is 9.96. The second-order valence-electron chi connectivity index (χ2n) is 4.78. The van der Waals surface area contributed by atoms with Gasteiger partial charge in [-0.3, -0.25) is 0 Å². The molecule has 4 heteroatoms. The molecule has 1 atom stereocenters. The molecule has 20 heavy (non-hydrogen) atoms. The molecule has 0 spiro atoms. The van der Waals surface area contributed by atoms with Crippen LogP contribution >= 0.6 is 15.9 Å². The molecule has 1 unspecified atom stereocenters. The van der Waals surface area contributed by atoms with Crippen LogP contribution in [0.1, 0.15) is 22.7 Å². The first-order valence-corrected chi connectivity index (χ1v) is 7.14. The minimum Gasteiger partial charge on any atom is -0.496 e. The van der Waals surface area contributed by atoms with Crippen molar-refractivity contribution in [1.29, 1.82) is 0 Å². The molecule has 0 heterocycles. The number of hydrogen-bond acceptors (Lipinski definition) is 2. The highest BCUT2D eigenvalue weighted by Crippen LogP contribution is 2.29. The molecule has 0 amide bonds. The molecule has 2 aromatic carbocycles. The van der Waals surface area contributed by atoms with Gasteiger partial charge in [-0.1, -0.05) is 12.1 Å². The van der Waals surface area contributed by atoms with Crippen LogP contribution in [0.15, 0.2) is 40.9 Å². The highest BCUT2D eigenvalue weighted by atomic mass is 79.9. The maximum Gasteiger partial charge on any atom is 0.133 e. The number of aryl methyl sites for hydroxylation is 1. The molecule has 0 saturated carbocycles. The summed E-state index contributed by atoms with van der Waals surface area (Å²) < 4.78 is 19.4. The van der Waals surface area contributed by atoms with Crippen LogP contribution in [-0.4, -0.2) is 7.11 Å². The normalized spacial score (nSPS) is 12.2. The number of hydrogen-bond donors (Lipinski definition) is 1. The summed E-state index contributed by atoms with van der Waals surface area (Å²) in [5, 5.41) is 0. The molecule has 0 fully saturated rings. The summed E-state index contributed by atoms with van der Waals surface area (Å²) in [6, 6.07) is 10.4. The Balaban J connectivity index is 2.21. The molecule has 2 nitrogen and oxygen atoms in total. The van der Waals surface area contributed by atoms with Crippen molar-refractivity contribution in [2.45, 2.75) is 19.4 Å². The zero-order valence-corrected chi connectivity index (χ0v) is 13.1. The van der Waals surface area contributed by atoms with Gasteiger partial charge in [0.25, 0.3) is 0 Å². The van der Waals surface area contributed by atoms with Gasteiger partial charge < -0.3 is 10.5 Å². The quantitative estimate of drug-likeness (QED) is 0.909. The van der Waals surface area contributed by atoms with Gasteiger partial charge in [-0.2, -0.15) is 0 Å². The van der Waals surface area contributed by atoms with Gasteiger partial charge in [0, 0.05) is 6.04 Å². The smallest absolute Gasteiger partial charge is 0.133 e. The van der Waals surface area contributed by atoms with Crippen molar-refractivity contribution in [3.63, 3.8) is 0 Å². The van der Waals surface area contributed by atoms with E-state index in [0.717, 1.165) is 26.9 Å². The second-order valence-corrected chi connectivity index (χ2v) is 5.63. The second kappa shape index (κ2) is 6.37. The lowest BCUT2D eigenvalue weighted by Gasteiger charge is -2.15. The van der Waals surface area contributed by atoms with E-state index >= 15 is 0 Å². The molecule has 2 N–H and O–H groups in total. The molecular weight excluding hydrogens is 321 g/mol. The Hall–Kier alpha value is -1.39. The van der Waals surface area contributed by atoms with Crippen molar-refractivity contribution < 1.29 is 9.13 Å². The number of halogens is 2. The lowest BCUT2D eigenvalue weighted by Crippen LogP contribution is -2.14. The predicted molar refractivity (Wildman–Crippen MR) is 82.5 cm³/mol. The van der Waals surface area contributed by atoms with Crippen molar-refractivity contribution in [1.82, 2.24) is 0 Å². The Bertz CT molecular complexity index is 615. The maximum absolute atomic E-state index is 13.3. The SMILES string of the molecule is COc1ccc(C(N)Cc2cc(F)ccc2C)cc1Br. The van der Waals surface area contributed by atoms with E-state index in [4.69, 9.17) is 10.5 Å². The van der Waals surface area contributed by atoms with Crippen LogP contribution in [0.25, 0.3) is 0 Å². The Labute approximate surface area is 126 Å². The van der Waals surface area contributed by atoms with E-state index in [1.165, 1.54) is 6.07 Å². The van der Waals surface area contributed by atoms with Gasteiger partial charge in [0.1, 0.15) is 11.6 Å². The molecular formula is C16H17BrFNO. The fraction of sp³-hybridized carbons (Fsp3) is 0.250. The van der Waals surface area contributed by atoms with E-state index in [9.17, 15) is 4.39 Å². The number of ether oxygens (including phenoxy) is 1. The molecule has 0 bridgehead atoms. The van der Waals surface area contributed by atoms with E-state index in [1.807, 2.05) is 25.1 Å². The highest BCUT2D eigenvalue weighted by molar-refractivity contribution is 9.10. The summed E-state index contributed by atoms with van der Waals surface area (Å²) in [5.74, 6) is 0.539. The molecule has 0 aliphatic rings. The average molecular weight is 338 g/mol. The number of rotatable bonds is 4. The van der Waals surface area contributed by atoms with Gasteiger partial charge in [0.2, 0.25) is 0 Å². The topological polar surface area (TPSA) is 35.2 Å². The van der Waals surface area contributed by atoms with Crippen LogP contribution < -0.4 is 10.5 Å². The molecule has 2 aromatic rings. The third kappa shape index (κ3) is 3.38. The average Bonchev–Trinajstić information content (AvgIpc) is 2.42. The summed E-state index contributed by atoms with van der Waals surface area (Å²) >= 11 is 3.45. The van der Waals surface area contributed by atoms with Crippen LogP contribution in [0.4, 0.5) is 4.39 Å². The summed E-state index contributed by atoms with van der Waals surface area (Å²) in [4.78, 5) is 0. The molecule has 0 saturated heterocycles. The molecule has 0 aromatic heterocycles. The van der Waals surface area contributed by atoms with Crippen molar-refractivity contribution in [2.75, 3.05) is 7.11 Å².